The largest absolute Gasteiger partial charge is 0.444 e. The van der Waals surface area contributed by atoms with E-state index in [9.17, 15) is 14.4 Å². The van der Waals surface area contributed by atoms with Crippen LogP contribution in [-0.4, -0.2) is 46.4 Å². The number of likely N-dealkylation sites (tertiary alicyclic amines) is 1. The average molecular weight is 298 g/mol. The van der Waals surface area contributed by atoms with Crippen LogP contribution in [0.3, 0.4) is 0 Å². The zero-order valence-corrected chi connectivity index (χ0v) is 13.8. The van der Waals surface area contributed by atoms with Gasteiger partial charge in [0.05, 0.1) is 0 Å². The molecular formula is C15H26N2O4. The fraction of sp³-hybridized carbons (Fsp3) is 0.800. The van der Waals surface area contributed by atoms with E-state index in [0.29, 0.717) is 0 Å². The normalized spacial score (nSPS) is 20.2. The Kier molecular flexibility index (Phi) is 5.02. The van der Waals surface area contributed by atoms with E-state index < -0.39 is 23.3 Å². The van der Waals surface area contributed by atoms with Gasteiger partial charge in [0.2, 0.25) is 5.91 Å². The van der Waals surface area contributed by atoms with E-state index >= 15 is 0 Å². The molecule has 2 amide bonds. The van der Waals surface area contributed by atoms with Crippen molar-refractivity contribution in [3.63, 3.8) is 0 Å². The average Bonchev–Trinajstić information content (AvgIpc) is 2.23. The number of nitrogens with one attached hydrogen (secondary N) is 1. The van der Waals surface area contributed by atoms with Crippen LogP contribution in [0.15, 0.2) is 0 Å². The zero-order chi connectivity index (χ0) is 16.4. The highest BCUT2D eigenvalue weighted by Gasteiger charge is 2.38. The van der Waals surface area contributed by atoms with Crippen LogP contribution < -0.4 is 5.32 Å². The number of piperidine rings is 1. The number of nitrogens with zero attached hydrogens (tertiary/aromatic N) is 1. The van der Waals surface area contributed by atoms with Crippen molar-refractivity contribution in [3.8, 4) is 0 Å². The Balaban J connectivity index is 2.86. The highest BCUT2D eigenvalue weighted by molar-refractivity contribution is 5.93. The smallest absolute Gasteiger partial charge is 0.410 e. The van der Waals surface area contributed by atoms with Crippen LogP contribution in [0.2, 0.25) is 0 Å². The summed E-state index contributed by atoms with van der Waals surface area (Å²) in [5, 5.41) is 2.82. The Bertz CT molecular complexity index is 432. The minimum Gasteiger partial charge on any atom is -0.444 e. The number of ketones is 1. The number of carbonyl (C=O) groups excluding carboxylic acids is 3. The van der Waals surface area contributed by atoms with Gasteiger partial charge in [-0.05, 0) is 41.5 Å². The highest BCUT2D eigenvalue weighted by atomic mass is 16.6. The summed E-state index contributed by atoms with van der Waals surface area (Å²) >= 11 is 0. The number of hydrogen-bond acceptors (Lipinski definition) is 4. The maximum Gasteiger partial charge on any atom is 0.410 e. The summed E-state index contributed by atoms with van der Waals surface area (Å²) in [6.45, 7) is 11.1. The molecule has 0 spiro atoms. The Hall–Kier alpha value is -1.59. The number of Topliss-reactive ketones (excluding diaryl/α,β-unsaturated/α-hetero) is 1. The summed E-state index contributed by atoms with van der Waals surface area (Å²) in [4.78, 5) is 37.5. The molecule has 1 fully saturated rings. The molecule has 0 unspecified atom stereocenters. The molecule has 1 rings (SSSR count). The lowest BCUT2D eigenvalue weighted by Crippen LogP contribution is -2.57. The van der Waals surface area contributed by atoms with Crippen LogP contribution in [-0.2, 0) is 14.3 Å². The van der Waals surface area contributed by atoms with Crippen molar-refractivity contribution >= 4 is 17.8 Å². The predicted octanol–water partition coefficient (Wildman–Crippen LogP) is 1.87. The lowest BCUT2D eigenvalue weighted by Gasteiger charge is -2.36. The minimum atomic E-state index is -0.791. The first-order valence-electron chi connectivity index (χ1n) is 7.22. The van der Waals surface area contributed by atoms with Crippen molar-refractivity contribution in [1.29, 1.82) is 0 Å². The molecule has 6 heteroatoms. The van der Waals surface area contributed by atoms with Crippen molar-refractivity contribution in [2.75, 3.05) is 6.54 Å². The van der Waals surface area contributed by atoms with Gasteiger partial charge in [0.1, 0.15) is 17.4 Å². The van der Waals surface area contributed by atoms with Crippen LogP contribution in [0.1, 0.15) is 54.4 Å². The summed E-state index contributed by atoms with van der Waals surface area (Å²) < 4.78 is 5.32. The third-order valence-electron chi connectivity index (χ3n) is 2.86. The third kappa shape index (κ3) is 5.73. The first-order chi connectivity index (χ1) is 9.39. The topological polar surface area (TPSA) is 75.7 Å². The number of amides is 2. The fourth-order valence-corrected chi connectivity index (χ4v) is 2.06. The third-order valence-corrected chi connectivity index (χ3v) is 2.86. The van der Waals surface area contributed by atoms with Crippen molar-refractivity contribution in [3.05, 3.63) is 0 Å². The second-order valence-electron chi connectivity index (χ2n) is 7.42. The molecule has 1 atom stereocenters. The lowest BCUT2D eigenvalue weighted by molar-refractivity contribution is -0.134. The maximum atomic E-state index is 12.3. The van der Waals surface area contributed by atoms with Crippen LogP contribution in [0.5, 0.6) is 0 Å². The number of hydrogen-bond donors (Lipinski definition) is 1. The van der Waals surface area contributed by atoms with E-state index in [1.54, 1.807) is 20.8 Å². The van der Waals surface area contributed by atoms with E-state index in [-0.39, 0.29) is 31.1 Å². The molecule has 1 heterocycles. The van der Waals surface area contributed by atoms with Gasteiger partial charge in [0.25, 0.3) is 0 Å². The molecule has 0 aromatic rings. The Morgan fingerprint density at radius 2 is 1.76 bits per heavy atom. The van der Waals surface area contributed by atoms with E-state index in [4.69, 9.17) is 4.74 Å². The molecule has 1 aliphatic heterocycles. The number of rotatable bonds is 1. The maximum absolute atomic E-state index is 12.3. The molecule has 0 saturated carbocycles. The quantitative estimate of drug-likeness (QED) is 0.802. The molecule has 21 heavy (non-hydrogen) atoms. The summed E-state index contributed by atoms with van der Waals surface area (Å²) in [5.74, 6) is -0.328. The van der Waals surface area contributed by atoms with Crippen molar-refractivity contribution in [2.24, 2.45) is 0 Å². The van der Waals surface area contributed by atoms with Gasteiger partial charge in [-0.1, -0.05) is 0 Å². The molecule has 1 aliphatic rings. The van der Waals surface area contributed by atoms with E-state index in [1.165, 1.54) is 4.90 Å². The van der Waals surface area contributed by atoms with Crippen molar-refractivity contribution < 1.29 is 19.1 Å². The molecule has 1 N–H and O–H groups in total. The summed E-state index contributed by atoms with van der Waals surface area (Å²) in [7, 11) is 0. The predicted molar refractivity (Wildman–Crippen MR) is 78.9 cm³/mol. The molecule has 0 aliphatic carbocycles. The Labute approximate surface area is 126 Å². The van der Waals surface area contributed by atoms with Gasteiger partial charge in [-0.2, -0.15) is 0 Å². The van der Waals surface area contributed by atoms with E-state index in [2.05, 4.69) is 5.32 Å². The van der Waals surface area contributed by atoms with Crippen LogP contribution in [0.25, 0.3) is 0 Å². The van der Waals surface area contributed by atoms with Gasteiger partial charge in [0, 0.05) is 24.9 Å². The molecule has 0 radical (unpaired) electrons. The van der Waals surface area contributed by atoms with Gasteiger partial charge < -0.3 is 10.1 Å². The van der Waals surface area contributed by atoms with E-state index in [1.807, 2.05) is 20.8 Å². The van der Waals surface area contributed by atoms with Gasteiger partial charge in [0.15, 0.2) is 0 Å². The number of ether oxygens (including phenoxy) is 1. The highest BCUT2D eigenvalue weighted by Crippen LogP contribution is 2.19. The lowest BCUT2D eigenvalue weighted by atomic mass is 9.99. The van der Waals surface area contributed by atoms with Crippen molar-refractivity contribution in [2.45, 2.75) is 71.6 Å². The van der Waals surface area contributed by atoms with Gasteiger partial charge in [-0.3, -0.25) is 14.5 Å². The van der Waals surface area contributed by atoms with E-state index in [0.717, 1.165) is 0 Å². The first-order valence-corrected chi connectivity index (χ1v) is 7.22. The van der Waals surface area contributed by atoms with Gasteiger partial charge in [-0.15, -0.1) is 0 Å². The summed E-state index contributed by atoms with van der Waals surface area (Å²) in [5.41, 5.74) is -1.05. The first kappa shape index (κ1) is 17.5. The SMILES string of the molecule is CC(C)(C)NC(=O)[C@@H]1CC(=O)CCN1C(=O)OC(C)(C)C. The molecular weight excluding hydrogens is 272 g/mol. The number of carbonyl (C=O) groups is 3. The second-order valence-corrected chi connectivity index (χ2v) is 7.42. The summed E-state index contributed by atoms with van der Waals surface area (Å²) in [6.07, 6.45) is -0.247. The molecule has 0 aromatic carbocycles. The molecule has 120 valence electrons. The van der Waals surface area contributed by atoms with Crippen LogP contribution in [0, 0.1) is 0 Å². The summed E-state index contributed by atoms with van der Waals surface area (Å²) in [6, 6.07) is -0.791. The second kappa shape index (κ2) is 6.03. The molecule has 1 saturated heterocycles. The van der Waals surface area contributed by atoms with Gasteiger partial charge >= 0.3 is 6.09 Å². The molecule has 6 nitrogen and oxygen atoms in total. The zero-order valence-electron chi connectivity index (χ0n) is 13.8. The standard InChI is InChI=1S/C15H26N2O4/c1-14(2,3)16-12(19)11-9-10(18)7-8-17(11)13(20)21-15(4,5)6/h11H,7-9H2,1-6H3,(H,16,19)/t11-/m0/s1. The van der Waals surface area contributed by atoms with Gasteiger partial charge in [-0.25, -0.2) is 4.79 Å². The van der Waals surface area contributed by atoms with Crippen LogP contribution >= 0.6 is 0 Å². The van der Waals surface area contributed by atoms with Crippen molar-refractivity contribution in [1.82, 2.24) is 10.2 Å². The monoisotopic (exact) mass is 298 g/mol. The fourth-order valence-electron chi connectivity index (χ4n) is 2.06. The minimum absolute atomic E-state index is 0.0103. The Morgan fingerprint density at radius 1 is 1.19 bits per heavy atom. The van der Waals surface area contributed by atoms with Crippen LogP contribution in [0.4, 0.5) is 4.79 Å². The Morgan fingerprint density at radius 3 is 2.24 bits per heavy atom. The molecule has 0 bridgehead atoms. The molecule has 0 aromatic heterocycles.